The summed E-state index contributed by atoms with van der Waals surface area (Å²) in [6.07, 6.45) is 3.81. The van der Waals surface area contributed by atoms with E-state index in [0.29, 0.717) is 13.1 Å². The van der Waals surface area contributed by atoms with Crippen LogP contribution in [0.3, 0.4) is 0 Å². The van der Waals surface area contributed by atoms with Crippen LogP contribution >= 0.6 is 0 Å². The quantitative estimate of drug-likeness (QED) is 0.139. The van der Waals surface area contributed by atoms with E-state index < -0.39 is 0 Å². The summed E-state index contributed by atoms with van der Waals surface area (Å²) < 4.78 is 0. The van der Waals surface area contributed by atoms with Crippen molar-refractivity contribution in [2.75, 3.05) is 9.80 Å². The first-order chi connectivity index (χ1) is 28.4. The molecular formula is C54H46N4. The maximum absolute atomic E-state index is 4.82. The second-order valence-electron chi connectivity index (χ2n) is 16.0. The van der Waals surface area contributed by atoms with Crippen LogP contribution in [-0.2, 0) is 18.5 Å². The number of pyridine rings is 2. The van der Waals surface area contributed by atoms with E-state index in [2.05, 4.69) is 219 Å². The van der Waals surface area contributed by atoms with Crippen molar-refractivity contribution in [2.45, 2.75) is 39.3 Å². The van der Waals surface area contributed by atoms with E-state index in [4.69, 9.17) is 9.97 Å². The maximum atomic E-state index is 4.82. The molecule has 0 fully saturated rings. The summed E-state index contributed by atoms with van der Waals surface area (Å²) in [5.74, 6) is 0. The second kappa shape index (κ2) is 15.8. The molecule has 58 heavy (non-hydrogen) atoms. The Morgan fingerprint density at radius 1 is 0.397 bits per heavy atom. The lowest BCUT2D eigenvalue weighted by atomic mass is 9.86. The van der Waals surface area contributed by atoms with Gasteiger partial charge in [-0.2, -0.15) is 0 Å². The number of anilines is 4. The van der Waals surface area contributed by atoms with Crippen LogP contribution in [0, 0.1) is 0 Å². The molecule has 0 aliphatic carbocycles. The first-order valence-electron chi connectivity index (χ1n) is 20.0. The van der Waals surface area contributed by atoms with Crippen molar-refractivity contribution in [2.24, 2.45) is 0 Å². The number of benzene rings is 7. The molecule has 0 aliphatic rings. The van der Waals surface area contributed by atoms with Crippen molar-refractivity contribution in [1.82, 2.24) is 9.97 Å². The van der Waals surface area contributed by atoms with Gasteiger partial charge < -0.3 is 9.80 Å². The highest BCUT2D eigenvalue weighted by molar-refractivity contribution is 5.95. The molecule has 9 aromatic rings. The molecule has 0 spiro atoms. The van der Waals surface area contributed by atoms with Gasteiger partial charge in [-0.3, -0.25) is 9.97 Å². The lowest BCUT2D eigenvalue weighted by Gasteiger charge is -2.32. The van der Waals surface area contributed by atoms with Gasteiger partial charge in [0, 0.05) is 70.1 Å². The molecular weight excluding hydrogens is 705 g/mol. The molecule has 9 rings (SSSR count). The van der Waals surface area contributed by atoms with Gasteiger partial charge in [-0.25, -0.2) is 0 Å². The Bertz CT molecular complexity index is 2610. The maximum Gasteiger partial charge on any atom is 0.0780 e. The van der Waals surface area contributed by atoms with E-state index >= 15 is 0 Å². The summed E-state index contributed by atoms with van der Waals surface area (Å²) >= 11 is 0. The van der Waals surface area contributed by atoms with Gasteiger partial charge in [-0.15, -0.1) is 0 Å². The Morgan fingerprint density at radius 3 is 1.21 bits per heavy atom. The van der Waals surface area contributed by atoms with Gasteiger partial charge in [-0.05, 0) is 87.5 Å². The molecule has 0 radical (unpaired) electrons. The van der Waals surface area contributed by atoms with E-state index in [1.165, 1.54) is 27.5 Å². The molecule has 0 unspecified atom stereocenters. The Labute approximate surface area is 341 Å². The third-order valence-corrected chi connectivity index (χ3v) is 11.0. The number of hydrogen-bond acceptors (Lipinski definition) is 4. The first kappa shape index (κ1) is 36.6. The van der Waals surface area contributed by atoms with Crippen molar-refractivity contribution >= 4 is 44.3 Å². The van der Waals surface area contributed by atoms with Crippen molar-refractivity contribution in [3.63, 3.8) is 0 Å². The van der Waals surface area contributed by atoms with E-state index in [0.717, 1.165) is 56.0 Å². The molecule has 2 aromatic heterocycles. The molecule has 0 saturated carbocycles. The molecule has 0 bridgehead atoms. The minimum absolute atomic E-state index is 0.102. The van der Waals surface area contributed by atoms with E-state index in [9.17, 15) is 0 Å². The predicted molar refractivity (Wildman–Crippen MR) is 244 cm³/mol. The average Bonchev–Trinajstić information content (AvgIpc) is 3.27. The fourth-order valence-electron chi connectivity index (χ4n) is 7.83. The highest BCUT2D eigenvalue weighted by atomic mass is 15.2. The van der Waals surface area contributed by atoms with Crippen LogP contribution in [0.5, 0.6) is 0 Å². The SMILES string of the molecule is CC(C)(C)c1cc(N(Cc2ccccc2)c2ccc(-c3nccc4ccccc34)cc2)cc(N(Cc2ccccc2)c2ccc(-c3nccc4ccccc34)cc2)c1. The lowest BCUT2D eigenvalue weighted by molar-refractivity contribution is 0.590. The summed E-state index contributed by atoms with van der Waals surface area (Å²) in [6.45, 7) is 8.33. The number of rotatable bonds is 10. The van der Waals surface area contributed by atoms with Crippen LogP contribution in [0.25, 0.3) is 44.1 Å². The molecule has 0 N–H and O–H groups in total. The zero-order chi connectivity index (χ0) is 39.5. The number of fused-ring (bicyclic) bond motifs is 2. The molecule has 0 aliphatic heterocycles. The third-order valence-electron chi connectivity index (χ3n) is 11.0. The predicted octanol–water partition coefficient (Wildman–Crippen LogP) is 14.1. The van der Waals surface area contributed by atoms with Crippen LogP contribution in [0.15, 0.2) is 200 Å². The fraction of sp³-hybridized carbons (Fsp3) is 0.111. The van der Waals surface area contributed by atoms with Crippen LogP contribution in [0.4, 0.5) is 22.7 Å². The monoisotopic (exact) mass is 750 g/mol. The molecule has 0 saturated heterocycles. The van der Waals surface area contributed by atoms with Crippen LogP contribution in [0.1, 0.15) is 37.5 Å². The molecule has 4 heteroatoms. The molecule has 2 heterocycles. The molecule has 0 amide bonds. The summed E-state index contributed by atoms with van der Waals surface area (Å²) in [6, 6.07) is 67.5. The third kappa shape index (κ3) is 7.70. The zero-order valence-electron chi connectivity index (χ0n) is 33.3. The van der Waals surface area contributed by atoms with Crippen molar-refractivity contribution in [3.8, 4) is 22.5 Å². The Balaban J connectivity index is 1.16. The minimum atomic E-state index is -0.102. The standard InChI is InChI=1S/C54H46N4/c1-54(2,3)45-34-48(57(37-39-14-6-4-7-15-39)46-26-22-43(23-27-46)52-50-20-12-10-18-41(50)30-32-55-52)36-49(35-45)58(38-40-16-8-5-9-17-40)47-28-24-44(25-29-47)53-51-21-13-11-19-42(51)31-33-56-53/h4-36H,37-38H2,1-3H3. The Hall–Kier alpha value is -7.04. The van der Waals surface area contributed by atoms with Gasteiger partial charge in [0.15, 0.2) is 0 Å². The number of aromatic nitrogens is 2. The molecule has 0 atom stereocenters. The Kier molecular flexibility index (Phi) is 9.99. The van der Waals surface area contributed by atoms with E-state index in [1.54, 1.807) is 0 Å². The molecule has 4 nitrogen and oxygen atoms in total. The topological polar surface area (TPSA) is 32.3 Å². The fourth-order valence-corrected chi connectivity index (χ4v) is 7.83. The van der Waals surface area contributed by atoms with Gasteiger partial charge >= 0.3 is 0 Å². The van der Waals surface area contributed by atoms with Crippen molar-refractivity contribution < 1.29 is 0 Å². The van der Waals surface area contributed by atoms with Crippen molar-refractivity contribution in [1.29, 1.82) is 0 Å². The van der Waals surface area contributed by atoms with Gasteiger partial charge in [0.1, 0.15) is 0 Å². The average molecular weight is 751 g/mol. The molecule has 7 aromatic carbocycles. The Morgan fingerprint density at radius 2 is 0.793 bits per heavy atom. The first-order valence-corrected chi connectivity index (χ1v) is 20.0. The van der Waals surface area contributed by atoms with E-state index in [1.807, 2.05) is 12.4 Å². The molecule has 282 valence electrons. The van der Waals surface area contributed by atoms with Gasteiger partial charge in [0.2, 0.25) is 0 Å². The summed E-state index contributed by atoms with van der Waals surface area (Å²) in [5, 5.41) is 4.69. The second-order valence-corrected chi connectivity index (χ2v) is 16.0. The normalized spacial score (nSPS) is 11.5. The minimum Gasteiger partial charge on any atom is -0.337 e. The summed E-state index contributed by atoms with van der Waals surface area (Å²) in [4.78, 5) is 14.5. The smallest absolute Gasteiger partial charge is 0.0780 e. The van der Waals surface area contributed by atoms with E-state index in [-0.39, 0.29) is 5.41 Å². The number of hydrogen-bond donors (Lipinski definition) is 0. The zero-order valence-corrected chi connectivity index (χ0v) is 33.3. The van der Waals surface area contributed by atoms with Crippen LogP contribution in [-0.4, -0.2) is 9.97 Å². The largest absolute Gasteiger partial charge is 0.337 e. The highest BCUT2D eigenvalue weighted by Gasteiger charge is 2.22. The van der Waals surface area contributed by atoms with Gasteiger partial charge in [-0.1, -0.05) is 154 Å². The summed E-state index contributed by atoms with van der Waals surface area (Å²) in [7, 11) is 0. The van der Waals surface area contributed by atoms with Crippen LogP contribution < -0.4 is 9.80 Å². The van der Waals surface area contributed by atoms with Crippen molar-refractivity contribution in [3.05, 3.63) is 217 Å². The van der Waals surface area contributed by atoms with Gasteiger partial charge in [0.05, 0.1) is 11.4 Å². The lowest BCUT2D eigenvalue weighted by Crippen LogP contribution is -2.21. The summed E-state index contributed by atoms with van der Waals surface area (Å²) in [5.41, 5.74) is 12.3. The van der Waals surface area contributed by atoms with Crippen LogP contribution in [0.2, 0.25) is 0 Å². The number of nitrogens with zero attached hydrogens (tertiary/aromatic N) is 4. The highest BCUT2D eigenvalue weighted by Crippen LogP contribution is 2.40. The van der Waals surface area contributed by atoms with Gasteiger partial charge in [0.25, 0.3) is 0 Å².